The molecule has 98 valence electrons. The molecular weight excluding hydrogens is 230 g/mol. The molecule has 0 heterocycles. The number of aryl methyl sites for hydroxylation is 1. The first-order chi connectivity index (χ1) is 8.58. The van der Waals surface area contributed by atoms with Crippen molar-refractivity contribution >= 4 is 17.5 Å². The maximum atomic E-state index is 11.9. The van der Waals surface area contributed by atoms with E-state index in [1.165, 1.54) is 0 Å². The van der Waals surface area contributed by atoms with Crippen molar-refractivity contribution in [3.8, 4) is 0 Å². The SMILES string of the molecule is CCNC(=O)CNC(=O)c1ccc(C)cc1NC. The van der Waals surface area contributed by atoms with Crippen molar-refractivity contribution in [3.63, 3.8) is 0 Å². The van der Waals surface area contributed by atoms with Gasteiger partial charge in [0.15, 0.2) is 0 Å². The summed E-state index contributed by atoms with van der Waals surface area (Å²) in [6.45, 7) is 4.33. The van der Waals surface area contributed by atoms with Gasteiger partial charge in [-0.2, -0.15) is 0 Å². The molecule has 0 spiro atoms. The van der Waals surface area contributed by atoms with Gasteiger partial charge in [0, 0.05) is 19.3 Å². The van der Waals surface area contributed by atoms with Gasteiger partial charge in [0.1, 0.15) is 0 Å². The molecule has 18 heavy (non-hydrogen) atoms. The highest BCUT2D eigenvalue weighted by atomic mass is 16.2. The van der Waals surface area contributed by atoms with E-state index in [0.29, 0.717) is 12.1 Å². The Morgan fingerprint density at radius 1 is 1.22 bits per heavy atom. The van der Waals surface area contributed by atoms with Crippen molar-refractivity contribution in [3.05, 3.63) is 29.3 Å². The molecule has 0 aromatic heterocycles. The molecule has 0 aliphatic carbocycles. The lowest BCUT2D eigenvalue weighted by Crippen LogP contribution is -2.36. The molecule has 0 atom stereocenters. The molecule has 0 unspecified atom stereocenters. The largest absolute Gasteiger partial charge is 0.387 e. The smallest absolute Gasteiger partial charge is 0.253 e. The molecule has 0 aliphatic heterocycles. The molecule has 0 fully saturated rings. The molecule has 1 aromatic carbocycles. The first-order valence-electron chi connectivity index (χ1n) is 5.91. The number of benzene rings is 1. The fourth-order valence-electron chi connectivity index (χ4n) is 1.58. The zero-order chi connectivity index (χ0) is 13.5. The third-order valence-electron chi connectivity index (χ3n) is 2.47. The highest BCUT2D eigenvalue weighted by Gasteiger charge is 2.11. The van der Waals surface area contributed by atoms with Gasteiger partial charge in [-0.05, 0) is 31.5 Å². The summed E-state index contributed by atoms with van der Waals surface area (Å²) in [6.07, 6.45) is 0. The van der Waals surface area contributed by atoms with Gasteiger partial charge in [0.2, 0.25) is 5.91 Å². The van der Waals surface area contributed by atoms with Crippen molar-refractivity contribution in [2.24, 2.45) is 0 Å². The summed E-state index contributed by atoms with van der Waals surface area (Å²) in [4.78, 5) is 23.2. The maximum Gasteiger partial charge on any atom is 0.253 e. The number of carbonyl (C=O) groups is 2. The van der Waals surface area contributed by atoms with Gasteiger partial charge in [-0.3, -0.25) is 9.59 Å². The topological polar surface area (TPSA) is 70.2 Å². The third kappa shape index (κ3) is 3.76. The van der Waals surface area contributed by atoms with E-state index in [-0.39, 0.29) is 18.4 Å². The summed E-state index contributed by atoms with van der Waals surface area (Å²) in [6, 6.07) is 5.50. The number of hydrogen-bond acceptors (Lipinski definition) is 3. The van der Waals surface area contributed by atoms with Crippen molar-refractivity contribution in [2.75, 3.05) is 25.5 Å². The molecular formula is C13H19N3O2. The van der Waals surface area contributed by atoms with Crippen LogP contribution in [0.3, 0.4) is 0 Å². The van der Waals surface area contributed by atoms with Gasteiger partial charge in [-0.1, -0.05) is 6.07 Å². The van der Waals surface area contributed by atoms with Crippen LogP contribution < -0.4 is 16.0 Å². The zero-order valence-electron chi connectivity index (χ0n) is 11.0. The number of carbonyl (C=O) groups excluding carboxylic acids is 2. The molecule has 3 N–H and O–H groups in total. The Hall–Kier alpha value is -2.04. The van der Waals surface area contributed by atoms with Crippen molar-refractivity contribution in [1.29, 1.82) is 0 Å². The minimum atomic E-state index is -0.259. The summed E-state index contributed by atoms with van der Waals surface area (Å²) in [5.41, 5.74) is 2.36. The summed E-state index contributed by atoms with van der Waals surface area (Å²) < 4.78 is 0. The summed E-state index contributed by atoms with van der Waals surface area (Å²) in [5, 5.41) is 8.18. The Bertz CT molecular complexity index is 444. The van der Waals surface area contributed by atoms with Crippen LogP contribution >= 0.6 is 0 Å². The van der Waals surface area contributed by atoms with Gasteiger partial charge < -0.3 is 16.0 Å². The molecule has 0 radical (unpaired) electrons. The van der Waals surface area contributed by atoms with Gasteiger partial charge in [-0.25, -0.2) is 0 Å². The molecule has 1 aromatic rings. The van der Waals surface area contributed by atoms with Crippen molar-refractivity contribution in [1.82, 2.24) is 10.6 Å². The predicted molar refractivity (Wildman–Crippen MR) is 71.7 cm³/mol. The van der Waals surface area contributed by atoms with Crippen LogP contribution in [0, 0.1) is 6.92 Å². The second-order valence-electron chi connectivity index (χ2n) is 3.94. The summed E-state index contributed by atoms with van der Waals surface area (Å²) in [5.74, 6) is -0.449. The number of nitrogens with one attached hydrogen (secondary N) is 3. The van der Waals surface area contributed by atoms with Crippen LogP contribution in [-0.4, -0.2) is 32.0 Å². The van der Waals surface area contributed by atoms with Crippen LogP contribution in [0.5, 0.6) is 0 Å². The normalized spacial score (nSPS) is 9.72. The van der Waals surface area contributed by atoms with Crippen LogP contribution in [-0.2, 0) is 4.79 Å². The van der Waals surface area contributed by atoms with Crippen molar-refractivity contribution < 1.29 is 9.59 Å². The average molecular weight is 249 g/mol. The average Bonchev–Trinajstić information content (AvgIpc) is 2.36. The van der Waals surface area contributed by atoms with E-state index in [9.17, 15) is 9.59 Å². The van der Waals surface area contributed by atoms with Crippen LogP contribution in [0.1, 0.15) is 22.8 Å². The van der Waals surface area contributed by atoms with E-state index >= 15 is 0 Å². The molecule has 5 heteroatoms. The first kappa shape index (κ1) is 14.0. The van der Waals surface area contributed by atoms with Crippen LogP contribution in [0.4, 0.5) is 5.69 Å². The Balaban J connectivity index is 2.69. The minimum Gasteiger partial charge on any atom is -0.387 e. The van der Waals surface area contributed by atoms with Gasteiger partial charge in [0.05, 0.1) is 12.1 Å². The van der Waals surface area contributed by atoms with Crippen LogP contribution in [0.25, 0.3) is 0 Å². The Morgan fingerprint density at radius 2 is 1.94 bits per heavy atom. The second-order valence-corrected chi connectivity index (χ2v) is 3.94. The van der Waals surface area contributed by atoms with E-state index < -0.39 is 0 Å². The van der Waals surface area contributed by atoms with Crippen LogP contribution in [0.15, 0.2) is 18.2 Å². The molecule has 5 nitrogen and oxygen atoms in total. The lowest BCUT2D eigenvalue weighted by atomic mass is 10.1. The molecule has 0 saturated heterocycles. The molecule has 0 aliphatic rings. The fraction of sp³-hybridized carbons (Fsp3) is 0.385. The van der Waals surface area contributed by atoms with E-state index in [0.717, 1.165) is 11.3 Å². The number of anilines is 1. The van der Waals surface area contributed by atoms with E-state index in [1.54, 1.807) is 13.1 Å². The van der Waals surface area contributed by atoms with E-state index in [2.05, 4.69) is 16.0 Å². The first-order valence-corrected chi connectivity index (χ1v) is 5.91. The summed E-state index contributed by atoms with van der Waals surface area (Å²) in [7, 11) is 1.76. The Kier molecular flexibility index (Phi) is 5.17. The van der Waals surface area contributed by atoms with Crippen molar-refractivity contribution in [2.45, 2.75) is 13.8 Å². The predicted octanol–water partition coefficient (Wildman–Crippen LogP) is 0.903. The Morgan fingerprint density at radius 3 is 2.56 bits per heavy atom. The summed E-state index contributed by atoms with van der Waals surface area (Å²) >= 11 is 0. The number of likely N-dealkylation sites (N-methyl/N-ethyl adjacent to an activating group) is 1. The number of rotatable bonds is 5. The zero-order valence-corrected chi connectivity index (χ0v) is 11.0. The van der Waals surface area contributed by atoms with Gasteiger partial charge >= 0.3 is 0 Å². The van der Waals surface area contributed by atoms with E-state index in [4.69, 9.17) is 0 Å². The quantitative estimate of drug-likeness (QED) is 0.726. The second kappa shape index (κ2) is 6.64. The van der Waals surface area contributed by atoms with Crippen LogP contribution in [0.2, 0.25) is 0 Å². The monoisotopic (exact) mass is 249 g/mol. The maximum absolute atomic E-state index is 11.9. The minimum absolute atomic E-state index is 0.0102. The highest BCUT2D eigenvalue weighted by molar-refractivity contribution is 6.01. The standard InChI is InChI=1S/C13H19N3O2/c1-4-15-12(17)8-16-13(18)10-6-5-9(2)7-11(10)14-3/h5-7,14H,4,8H2,1-3H3,(H,15,17)(H,16,18). The lowest BCUT2D eigenvalue weighted by Gasteiger charge is -2.10. The van der Waals surface area contributed by atoms with Gasteiger partial charge in [0.25, 0.3) is 5.91 Å². The van der Waals surface area contributed by atoms with Gasteiger partial charge in [-0.15, -0.1) is 0 Å². The number of hydrogen-bond donors (Lipinski definition) is 3. The number of amides is 2. The molecule has 1 rings (SSSR count). The molecule has 2 amide bonds. The molecule has 0 saturated carbocycles. The highest BCUT2D eigenvalue weighted by Crippen LogP contribution is 2.16. The third-order valence-corrected chi connectivity index (χ3v) is 2.47. The Labute approximate surface area is 107 Å². The van der Waals surface area contributed by atoms with E-state index in [1.807, 2.05) is 26.0 Å². The fourth-order valence-corrected chi connectivity index (χ4v) is 1.58. The lowest BCUT2D eigenvalue weighted by molar-refractivity contribution is -0.120. The molecule has 0 bridgehead atoms.